The zero-order valence-electron chi connectivity index (χ0n) is 18.6. The van der Waals surface area contributed by atoms with Crippen molar-refractivity contribution in [3.05, 3.63) is 47.4 Å². The molecule has 2 aromatic rings. The number of carbonyl (C=O) groups excluding carboxylic acids is 2. The molecular formula is C23H31N3O5. The zero-order valence-corrected chi connectivity index (χ0v) is 18.6. The summed E-state index contributed by atoms with van der Waals surface area (Å²) in [6.07, 6.45) is 0.698. The van der Waals surface area contributed by atoms with Gasteiger partial charge in [-0.25, -0.2) is 0 Å². The van der Waals surface area contributed by atoms with Gasteiger partial charge in [-0.05, 0) is 50.1 Å². The third kappa shape index (κ3) is 5.58. The standard InChI is InChI=1S/C23H31N3O5/c1-16-5-7-20(31-16)23(28)26-13-11-25(12-14-26)17(2)22(27)24-10-9-18-6-8-19(29-3)21(15-18)30-4/h5-8,15,17H,9-14H2,1-4H3,(H,24,27). The van der Waals surface area contributed by atoms with E-state index in [0.717, 1.165) is 11.3 Å². The first kappa shape index (κ1) is 22.7. The highest BCUT2D eigenvalue weighted by atomic mass is 16.5. The smallest absolute Gasteiger partial charge is 0.289 e. The van der Waals surface area contributed by atoms with Gasteiger partial charge in [-0.1, -0.05) is 6.07 Å². The number of ether oxygens (including phenoxy) is 2. The van der Waals surface area contributed by atoms with Crippen molar-refractivity contribution in [2.75, 3.05) is 46.9 Å². The second kappa shape index (κ2) is 10.3. The van der Waals surface area contributed by atoms with E-state index < -0.39 is 0 Å². The second-order valence-corrected chi connectivity index (χ2v) is 7.64. The highest BCUT2D eigenvalue weighted by molar-refractivity contribution is 5.91. The fourth-order valence-corrected chi connectivity index (χ4v) is 3.70. The van der Waals surface area contributed by atoms with E-state index in [9.17, 15) is 9.59 Å². The summed E-state index contributed by atoms with van der Waals surface area (Å²) in [5.74, 6) is 2.34. The van der Waals surface area contributed by atoms with Gasteiger partial charge in [0.1, 0.15) is 5.76 Å². The van der Waals surface area contributed by atoms with Crippen molar-refractivity contribution in [2.24, 2.45) is 0 Å². The number of rotatable bonds is 8. The largest absolute Gasteiger partial charge is 0.493 e. The Kier molecular flexibility index (Phi) is 7.57. The molecule has 168 valence electrons. The van der Waals surface area contributed by atoms with Gasteiger partial charge in [0.05, 0.1) is 20.3 Å². The molecule has 0 spiro atoms. The summed E-state index contributed by atoms with van der Waals surface area (Å²) in [6.45, 7) is 6.70. The number of amides is 2. The van der Waals surface area contributed by atoms with Crippen molar-refractivity contribution < 1.29 is 23.5 Å². The number of hydrogen-bond acceptors (Lipinski definition) is 6. The molecular weight excluding hydrogens is 398 g/mol. The van der Waals surface area contributed by atoms with E-state index in [4.69, 9.17) is 13.9 Å². The van der Waals surface area contributed by atoms with Crippen molar-refractivity contribution in [1.29, 1.82) is 0 Å². The lowest BCUT2D eigenvalue weighted by Gasteiger charge is -2.37. The maximum atomic E-state index is 12.6. The molecule has 3 rings (SSSR count). The zero-order chi connectivity index (χ0) is 22.4. The molecule has 1 N–H and O–H groups in total. The molecule has 1 saturated heterocycles. The van der Waals surface area contributed by atoms with Gasteiger partial charge in [0.15, 0.2) is 17.3 Å². The molecule has 1 atom stereocenters. The Morgan fingerprint density at radius 2 is 1.77 bits per heavy atom. The van der Waals surface area contributed by atoms with E-state index in [1.807, 2.05) is 32.0 Å². The van der Waals surface area contributed by atoms with Crippen LogP contribution < -0.4 is 14.8 Å². The molecule has 1 fully saturated rings. The van der Waals surface area contributed by atoms with Crippen LogP contribution in [0, 0.1) is 6.92 Å². The van der Waals surface area contributed by atoms with Crippen LogP contribution in [0.1, 0.15) is 28.8 Å². The van der Waals surface area contributed by atoms with Crippen LogP contribution in [0.3, 0.4) is 0 Å². The van der Waals surface area contributed by atoms with Crippen molar-refractivity contribution in [1.82, 2.24) is 15.1 Å². The molecule has 1 aromatic carbocycles. The minimum absolute atomic E-state index is 0.0121. The lowest BCUT2D eigenvalue weighted by molar-refractivity contribution is -0.126. The van der Waals surface area contributed by atoms with E-state index in [0.29, 0.717) is 56.4 Å². The SMILES string of the molecule is COc1ccc(CCNC(=O)C(C)N2CCN(C(=O)c3ccc(C)o3)CC2)cc1OC. The molecule has 31 heavy (non-hydrogen) atoms. The molecule has 1 aliphatic rings. The topological polar surface area (TPSA) is 84.3 Å². The Labute approximate surface area is 183 Å². The van der Waals surface area contributed by atoms with Crippen LogP contribution in [0.25, 0.3) is 0 Å². The fraction of sp³-hybridized carbons (Fsp3) is 0.478. The molecule has 0 bridgehead atoms. The number of furan rings is 1. The molecule has 0 aliphatic carbocycles. The van der Waals surface area contributed by atoms with Gasteiger partial charge in [0, 0.05) is 32.7 Å². The number of aryl methyl sites for hydroxylation is 1. The first-order chi connectivity index (χ1) is 14.9. The summed E-state index contributed by atoms with van der Waals surface area (Å²) in [6, 6.07) is 8.99. The van der Waals surface area contributed by atoms with E-state index in [1.54, 1.807) is 31.3 Å². The predicted molar refractivity (Wildman–Crippen MR) is 117 cm³/mol. The lowest BCUT2D eigenvalue weighted by Crippen LogP contribution is -2.55. The maximum absolute atomic E-state index is 12.6. The van der Waals surface area contributed by atoms with E-state index in [1.165, 1.54) is 0 Å². The number of carbonyl (C=O) groups is 2. The Morgan fingerprint density at radius 3 is 2.39 bits per heavy atom. The summed E-state index contributed by atoms with van der Waals surface area (Å²) in [5.41, 5.74) is 1.06. The summed E-state index contributed by atoms with van der Waals surface area (Å²) < 4.78 is 16.0. The van der Waals surface area contributed by atoms with Crippen molar-refractivity contribution in [3.8, 4) is 11.5 Å². The minimum Gasteiger partial charge on any atom is -0.493 e. The van der Waals surface area contributed by atoms with Gasteiger partial charge in [-0.3, -0.25) is 14.5 Å². The van der Waals surface area contributed by atoms with Crippen LogP contribution in [-0.2, 0) is 11.2 Å². The van der Waals surface area contributed by atoms with E-state index in [2.05, 4.69) is 10.2 Å². The van der Waals surface area contributed by atoms with E-state index >= 15 is 0 Å². The average molecular weight is 430 g/mol. The molecule has 8 heteroatoms. The van der Waals surface area contributed by atoms with Crippen LogP contribution in [-0.4, -0.2) is 74.6 Å². The Balaban J connectivity index is 1.44. The van der Waals surface area contributed by atoms with Crippen molar-refractivity contribution >= 4 is 11.8 Å². The number of nitrogens with zero attached hydrogens (tertiary/aromatic N) is 2. The van der Waals surface area contributed by atoms with Gasteiger partial charge in [0.25, 0.3) is 5.91 Å². The predicted octanol–water partition coefficient (Wildman–Crippen LogP) is 2.11. The fourth-order valence-electron chi connectivity index (χ4n) is 3.70. The molecule has 0 saturated carbocycles. The molecule has 1 aliphatic heterocycles. The average Bonchev–Trinajstić information content (AvgIpc) is 3.24. The molecule has 2 heterocycles. The van der Waals surface area contributed by atoms with Crippen LogP contribution in [0.15, 0.2) is 34.7 Å². The number of methoxy groups -OCH3 is 2. The minimum atomic E-state index is -0.256. The Bertz CT molecular complexity index is 902. The first-order valence-electron chi connectivity index (χ1n) is 10.5. The van der Waals surface area contributed by atoms with Gasteiger partial charge in [-0.15, -0.1) is 0 Å². The summed E-state index contributed by atoms with van der Waals surface area (Å²) in [5, 5.41) is 3.01. The number of piperazine rings is 1. The van der Waals surface area contributed by atoms with Crippen LogP contribution in [0.2, 0.25) is 0 Å². The summed E-state index contributed by atoms with van der Waals surface area (Å²) in [4.78, 5) is 29.0. The third-order valence-corrected chi connectivity index (χ3v) is 5.64. The first-order valence-corrected chi connectivity index (χ1v) is 10.5. The van der Waals surface area contributed by atoms with Gasteiger partial charge < -0.3 is 24.1 Å². The van der Waals surface area contributed by atoms with E-state index in [-0.39, 0.29) is 17.9 Å². The lowest BCUT2D eigenvalue weighted by atomic mass is 10.1. The van der Waals surface area contributed by atoms with Crippen molar-refractivity contribution in [2.45, 2.75) is 26.3 Å². The summed E-state index contributed by atoms with van der Waals surface area (Å²) >= 11 is 0. The van der Waals surface area contributed by atoms with Crippen LogP contribution in [0.5, 0.6) is 11.5 Å². The van der Waals surface area contributed by atoms with Crippen LogP contribution in [0.4, 0.5) is 0 Å². The molecule has 1 unspecified atom stereocenters. The molecule has 0 radical (unpaired) electrons. The monoisotopic (exact) mass is 429 g/mol. The van der Waals surface area contributed by atoms with Crippen molar-refractivity contribution in [3.63, 3.8) is 0 Å². The maximum Gasteiger partial charge on any atom is 0.289 e. The molecule has 8 nitrogen and oxygen atoms in total. The second-order valence-electron chi connectivity index (χ2n) is 7.64. The summed E-state index contributed by atoms with van der Waals surface area (Å²) in [7, 11) is 3.21. The van der Waals surface area contributed by atoms with Gasteiger partial charge in [-0.2, -0.15) is 0 Å². The number of nitrogens with one attached hydrogen (secondary N) is 1. The highest BCUT2D eigenvalue weighted by Gasteiger charge is 2.28. The molecule has 1 aromatic heterocycles. The third-order valence-electron chi connectivity index (χ3n) is 5.64. The highest BCUT2D eigenvalue weighted by Crippen LogP contribution is 2.27. The van der Waals surface area contributed by atoms with Gasteiger partial charge in [0.2, 0.25) is 5.91 Å². The Morgan fingerprint density at radius 1 is 1.06 bits per heavy atom. The Hall–Kier alpha value is -3.00. The molecule has 2 amide bonds. The number of hydrogen-bond donors (Lipinski definition) is 1. The van der Waals surface area contributed by atoms with Gasteiger partial charge >= 0.3 is 0 Å². The van der Waals surface area contributed by atoms with Crippen LogP contribution >= 0.6 is 0 Å². The normalized spacial score (nSPS) is 15.4. The quantitative estimate of drug-likeness (QED) is 0.692. The number of benzene rings is 1.